The van der Waals surface area contributed by atoms with Gasteiger partial charge in [-0.1, -0.05) is 80.6 Å². The zero-order valence-electron chi connectivity index (χ0n) is 24.9. The summed E-state index contributed by atoms with van der Waals surface area (Å²) < 4.78 is 11.2. The first kappa shape index (κ1) is 28.5. The van der Waals surface area contributed by atoms with Crippen LogP contribution in [0, 0.1) is 17.8 Å². The molecule has 4 aromatic rings. The number of amides is 3. The molecule has 0 radical (unpaired) electrons. The SMILES string of the molecule is CC(C)[C@H](C(=O)OCC(=O)Nc1ccc(Oc2ccccc2)cc1)N1C(=O)[C@H]2C3c4ccccc4C(c4ccccc43)[C@@H]2C1=O. The van der Waals surface area contributed by atoms with E-state index in [1.807, 2.05) is 78.9 Å². The molecule has 8 nitrogen and oxygen atoms in total. The molecule has 0 saturated carbocycles. The fourth-order valence-electron chi connectivity index (χ4n) is 7.30. The number of carbonyl (C=O) groups is 4. The lowest BCUT2D eigenvalue weighted by molar-refractivity contribution is -0.162. The monoisotopic (exact) mass is 600 g/mol. The molecule has 1 aliphatic heterocycles. The Kier molecular flexibility index (Phi) is 7.20. The molecule has 4 aromatic carbocycles. The van der Waals surface area contributed by atoms with E-state index in [0.717, 1.165) is 27.2 Å². The third kappa shape index (κ3) is 4.86. The van der Waals surface area contributed by atoms with Gasteiger partial charge in [0.15, 0.2) is 6.61 Å². The van der Waals surface area contributed by atoms with Gasteiger partial charge in [0.05, 0.1) is 11.8 Å². The van der Waals surface area contributed by atoms with Crippen LogP contribution in [0.2, 0.25) is 0 Å². The van der Waals surface area contributed by atoms with E-state index >= 15 is 0 Å². The summed E-state index contributed by atoms with van der Waals surface area (Å²) in [5.74, 6) is -2.91. The molecule has 3 amide bonds. The number of benzene rings is 4. The molecule has 226 valence electrons. The second kappa shape index (κ2) is 11.4. The summed E-state index contributed by atoms with van der Waals surface area (Å²) in [4.78, 5) is 55.6. The van der Waals surface area contributed by atoms with Crippen molar-refractivity contribution in [3.05, 3.63) is 125 Å². The number of imide groups is 1. The number of hydrogen-bond donors (Lipinski definition) is 1. The van der Waals surface area contributed by atoms with Crippen molar-refractivity contribution in [3.8, 4) is 11.5 Å². The molecule has 0 aromatic heterocycles. The minimum absolute atomic E-state index is 0.270. The van der Waals surface area contributed by atoms with Gasteiger partial charge in [-0.05, 0) is 64.6 Å². The summed E-state index contributed by atoms with van der Waals surface area (Å²) in [6.07, 6.45) is 0. The first-order valence-electron chi connectivity index (χ1n) is 15.2. The van der Waals surface area contributed by atoms with E-state index in [1.165, 1.54) is 0 Å². The molecule has 1 N–H and O–H groups in total. The Morgan fingerprint density at radius 2 is 1.16 bits per heavy atom. The lowest BCUT2D eigenvalue weighted by atomic mass is 9.55. The maximum absolute atomic E-state index is 14.1. The van der Waals surface area contributed by atoms with Gasteiger partial charge in [-0.2, -0.15) is 0 Å². The molecular formula is C37H32N2O6. The van der Waals surface area contributed by atoms with E-state index < -0.39 is 42.3 Å². The largest absolute Gasteiger partial charge is 0.457 e. The fraction of sp³-hybridized carbons (Fsp3) is 0.243. The van der Waals surface area contributed by atoms with E-state index in [4.69, 9.17) is 9.47 Å². The third-order valence-corrected chi connectivity index (χ3v) is 9.10. The van der Waals surface area contributed by atoms with E-state index in [0.29, 0.717) is 17.2 Å². The second-order valence-electron chi connectivity index (χ2n) is 12.1. The summed E-state index contributed by atoms with van der Waals surface area (Å²) in [5.41, 5.74) is 4.74. The van der Waals surface area contributed by atoms with Gasteiger partial charge in [-0.15, -0.1) is 0 Å². The van der Waals surface area contributed by atoms with Crippen LogP contribution in [0.4, 0.5) is 5.69 Å². The second-order valence-corrected chi connectivity index (χ2v) is 12.1. The minimum Gasteiger partial charge on any atom is -0.457 e. The maximum atomic E-state index is 14.1. The molecule has 3 aliphatic carbocycles. The van der Waals surface area contributed by atoms with Gasteiger partial charge in [0.25, 0.3) is 5.91 Å². The predicted molar refractivity (Wildman–Crippen MR) is 167 cm³/mol. The number of anilines is 1. The molecule has 1 saturated heterocycles. The Morgan fingerprint density at radius 1 is 0.689 bits per heavy atom. The molecular weight excluding hydrogens is 568 g/mol. The van der Waals surface area contributed by atoms with Gasteiger partial charge in [0.1, 0.15) is 17.5 Å². The Labute approximate surface area is 261 Å². The lowest BCUT2D eigenvalue weighted by Crippen LogP contribution is -2.49. The summed E-state index contributed by atoms with van der Waals surface area (Å²) >= 11 is 0. The highest BCUT2D eigenvalue weighted by atomic mass is 16.5. The van der Waals surface area contributed by atoms with Crippen molar-refractivity contribution in [3.63, 3.8) is 0 Å². The minimum atomic E-state index is -1.15. The third-order valence-electron chi connectivity index (χ3n) is 9.10. The summed E-state index contributed by atoms with van der Waals surface area (Å²) in [6, 6.07) is 31.0. The van der Waals surface area contributed by atoms with Crippen molar-refractivity contribution in [2.45, 2.75) is 31.7 Å². The molecule has 0 unspecified atom stereocenters. The van der Waals surface area contributed by atoms with Gasteiger partial charge < -0.3 is 14.8 Å². The maximum Gasteiger partial charge on any atom is 0.330 e. The van der Waals surface area contributed by atoms with Crippen LogP contribution in [0.3, 0.4) is 0 Å². The number of esters is 1. The molecule has 0 spiro atoms. The molecule has 1 fully saturated rings. The van der Waals surface area contributed by atoms with Crippen molar-refractivity contribution in [1.82, 2.24) is 4.90 Å². The highest BCUT2D eigenvalue weighted by Gasteiger charge is 2.63. The zero-order valence-corrected chi connectivity index (χ0v) is 24.9. The summed E-state index contributed by atoms with van der Waals surface area (Å²) in [6.45, 7) is 2.98. The Balaban J connectivity index is 1.05. The molecule has 8 rings (SSSR count). The first-order chi connectivity index (χ1) is 21.8. The molecule has 8 heteroatoms. The highest BCUT2D eigenvalue weighted by Crippen LogP contribution is 2.61. The number of likely N-dealkylation sites (tertiary alicyclic amines) is 1. The Bertz CT molecular complexity index is 1690. The summed E-state index contributed by atoms with van der Waals surface area (Å²) in [7, 11) is 0. The van der Waals surface area contributed by atoms with Crippen molar-refractivity contribution >= 4 is 29.4 Å². The average molecular weight is 601 g/mol. The number of hydrogen-bond acceptors (Lipinski definition) is 6. The Morgan fingerprint density at radius 3 is 1.64 bits per heavy atom. The number of rotatable bonds is 8. The number of nitrogens with zero attached hydrogens (tertiary/aromatic N) is 1. The van der Waals surface area contributed by atoms with Gasteiger partial charge in [0.2, 0.25) is 11.8 Å². The molecule has 45 heavy (non-hydrogen) atoms. The standard InChI is InChI=1S/C37H32N2O6/c1-21(2)34(37(43)44-20-29(40)38-22-16-18-24(19-17-22)45-23-10-4-3-5-11-23)39-35(41)32-30-25-12-6-7-13-26(25)31(33(32)36(39)42)28-15-9-8-14-27(28)30/h3-19,21,30-34H,20H2,1-2H3,(H,38,40)/t30?,31?,32-,33-,34+/m0/s1. The Hall–Kier alpha value is -5.24. The summed E-state index contributed by atoms with van der Waals surface area (Å²) in [5, 5.41) is 2.71. The van der Waals surface area contributed by atoms with Crippen LogP contribution >= 0.6 is 0 Å². The average Bonchev–Trinajstić information content (AvgIpc) is 3.31. The molecule has 2 bridgehead atoms. The number of carbonyl (C=O) groups excluding carboxylic acids is 4. The smallest absolute Gasteiger partial charge is 0.330 e. The van der Waals surface area contributed by atoms with E-state index in [9.17, 15) is 19.2 Å². The van der Waals surface area contributed by atoms with Crippen molar-refractivity contribution < 1.29 is 28.7 Å². The fourth-order valence-corrected chi connectivity index (χ4v) is 7.30. The number of nitrogens with one attached hydrogen (secondary N) is 1. The molecule has 3 atom stereocenters. The topological polar surface area (TPSA) is 102 Å². The van der Waals surface area contributed by atoms with Crippen molar-refractivity contribution in [2.75, 3.05) is 11.9 Å². The van der Waals surface area contributed by atoms with Gasteiger partial charge >= 0.3 is 5.97 Å². The predicted octanol–water partition coefficient (Wildman–Crippen LogP) is 5.88. The van der Waals surface area contributed by atoms with E-state index in [-0.39, 0.29) is 23.7 Å². The van der Waals surface area contributed by atoms with Crippen LogP contribution < -0.4 is 10.1 Å². The quantitative estimate of drug-likeness (QED) is 0.200. The van der Waals surface area contributed by atoms with Crippen LogP contribution in [-0.2, 0) is 23.9 Å². The number of ether oxygens (including phenoxy) is 2. The van der Waals surface area contributed by atoms with Crippen LogP contribution in [0.15, 0.2) is 103 Å². The van der Waals surface area contributed by atoms with Gasteiger partial charge in [0, 0.05) is 17.5 Å². The highest BCUT2D eigenvalue weighted by molar-refractivity contribution is 6.10. The van der Waals surface area contributed by atoms with Crippen LogP contribution in [-0.4, -0.2) is 41.2 Å². The van der Waals surface area contributed by atoms with Gasteiger partial charge in [-0.3, -0.25) is 19.3 Å². The van der Waals surface area contributed by atoms with Gasteiger partial charge in [-0.25, -0.2) is 4.79 Å². The van der Waals surface area contributed by atoms with E-state index in [2.05, 4.69) is 5.32 Å². The van der Waals surface area contributed by atoms with Crippen molar-refractivity contribution in [1.29, 1.82) is 0 Å². The molecule has 4 aliphatic rings. The lowest BCUT2D eigenvalue weighted by Gasteiger charge is -2.45. The van der Waals surface area contributed by atoms with E-state index in [1.54, 1.807) is 38.1 Å². The normalized spacial score (nSPS) is 21.5. The number of para-hydroxylation sites is 1. The first-order valence-corrected chi connectivity index (χ1v) is 15.2. The molecule has 1 heterocycles. The van der Waals surface area contributed by atoms with Crippen LogP contribution in [0.5, 0.6) is 11.5 Å². The van der Waals surface area contributed by atoms with Crippen LogP contribution in [0.25, 0.3) is 0 Å². The zero-order chi connectivity index (χ0) is 31.2. The van der Waals surface area contributed by atoms with Crippen molar-refractivity contribution in [2.24, 2.45) is 17.8 Å². The van der Waals surface area contributed by atoms with Crippen LogP contribution in [0.1, 0.15) is 47.9 Å².